The Morgan fingerprint density at radius 2 is 2.42 bits per heavy atom. The number of rotatable bonds is 5. The molecule has 102 valence electrons. The van der Waals surface area contributed by atoms with Gasteiger partial charge in [0.25, 0.3) is 0 Å². The molecule has 0 fully saturated rings. The van der Waals surface area contributed by atoms with Crippen LogP contribution in [-0.4, -0.2) is 38.0 Å². The van der Waals surface area contributed by atoms with E-state index in [0.29, 0.717) is 12.2 Å². The van der Waals surface area contributed by atoms with Gasteiger partial charge in [-0.1, -0.05) is 11.3 Å². The summed E-state index contributed by atoms with van der Waals surface area (Å²) >= 11 is 1.62. The first-order chi connectivity index (χ1) is 9.06. The van der Waals surface area contributed by atoms with Crippen molar-refractivity contribution < 1.29 is 9.90 Å². The number of aliphatic hydroxyl groups is 1. The van der Waals surface area contributed by atoms with E-state index in [-0.39, 0.29) is 12.5 Å². The summed E-state index contributed by atoms with van der Waals surface area (Å²) in [4.78, 5) is 14.8. The Morgan fingerprint density at radius 1 is 1.63 bits per heavy atom. The smallest absolute Gasteiger partial charge is 0.244 e. The molecule has 2 aromatic heterocycles. The fraction of sp³-hybridized carbons (Fsp3) is 0.417. The number of hydrogen-bond donors (Lipinski definition) is 1. The molecule has 7 heteroatoms. The third kappa shape index (κ3) is 3.62. The van der Waals surface area contributed by atoms with Gasteiger partial charge < -0.3 is 10.0 Å². The molecule has 2 aromatic rings. The lowest BCUT2D eigenvalue weighted by molar-refractivity contribution is -0.131. The quantitative estimate of drug-likeness (QED) is 0.888. The highest BCUT2D eigenvalue weighted by Gasteiger charge is 2.13. The Bertz CT molecular complexity index is 536. The van der Waals surface area contributed by atoms with Crippen molar-refractivity contribution >= 4 is 17.2 Å². The molecule has 2 rings (SSSR count). The van der Waals surface area contributed by atoms with Crippen LogP contribution >= 0.6 is 11.3 Å². The molecule has 6 nitrogen and oxygen atoms in total. The van der Waals surface area contributed by atoms with E-state index >= 15 is 0 Å². The number of amides is 1. The van der Waals surface area contributed by atoms with Gasteiger partial charge in [0.05, 0.1) is 18.8 Å². The normalized spacial score (nSPS) is 12.4. The first kappa shape index (κ1) is 13.7. The summed E-state index contributed by atoms with van der Waals surface area (Å²) in [6, 6.07) is 3.96. The second kappa shape index (κ2) is 5.94. The minimum Gasteiger partial charge on any atom is -0.387 e. The van der Waals surface area contributed by atoms with Crippen LogP contribution in [0.15, 0.2) is 23.7 Å². The number of aliphatic hydroxyl groups excluding tert-OH is 1. The van der Waals surface area contributed by atoms with Gasteiger partial charge in [-0.25, -0.2) is 4.68 Å². The lowest BCUT2D eigenvalue weighted by Crippen LogP contribution is -2.29. The Labute approximate surface area is 115 Å². The van der Waals surface area contributed by atoms with E-state index in [1.807, 2.05) is 17.5 Å². The maximum absolute atomic E-state index is 12.0. The number of carbonyl (C=O) groups excluding carboxylic acids is 1. The summed E-state index contributed by atoms with van der Waals surface area (Å²) in [5, 5.41) is 18.9. The summed E-state index contributed by atoms with van der Waals surface area (Å²) in [6.45, 7) is 2.33. The predicted molar refractivity (Wildman–Crippen MR) is 71.4 cm³/mol. The van der Waals surface area contributed by atoms with E-state index in [2.05, 4.69) is 10.3 Å². The highest BCUT2D eigenvalue weighted by atomic mass is 32.1. The summed E-state index contributed by atoms with van der Waals surface area (Å²) in [5.74, 6) is -0.0459. The zero-order valence-corrected chi connectivity index (χ0v) is 11.7. The Hall–Kier alpha value is -1.73. The molecule has 0 aliphatic carbocycles. The fourth-order valence-electron chi connectivity index (χ4n) is 1.57. The molecular weight excluding hydrogens is 264 g/mol. The van der Waals surface area contributed by atoms with Crippen molar-refractivity contribution in [1.82, 2.24) is 19.9 Å². The number of carbonyl (C=O) groups is 1. The minimum atomic E-state index is -0.673. The summed E-state index contributed by atoms with van der Waals surface area (Å²) in [6.07, 6.45) is 0.911. The average molecular weight is 280 g/mol. The Balaban J connectivity index is 1.92. The van der Waals surface area contributed by atoms with Gasteiger partial charge in [-0.15, -0.1) is 16.4 Å². The van der Waals surface area contributed by atoms with Gasteiger partial charge in [0.2, 0.25) is 5.91 Å². The van der Waals surface area contributed by atoms with Gasteiger partial charge in [-0.2, -0.15) is 0 Å². The maximum Gasteiger partial charge on any atom is 0.244 e. The molecule has 1 atom stereocenters. The second-order valence-corrected chi connectivity index (χ2v) is 5.38. The molecule has 0 aliphatic rings. The molecule has 0 radical (unpaired) electrons. The average Bonchev–Trinajstić information content (AvgIpc) is 2.99. The minimum absolute atomic E-state index is 0.0459. The third-order valence-corrected chi connectivity index (χ3v) is 3.54. The monoisotopic (exact) mass is 280 g/mol. The van der Waals surface area contributed by atoms with Gasteiger partial charge in [-0.05, 0) is 18.4 Å². The number of thiophene rings is 1. The highest BCUT2D eigenvalue weighted by Crippen LogP contribution is 2.11. The standard InChI is InChI=1S/C12H16N4O2S/c1-9(17)11-7-16(14-13-11)8-12(18)15(2)6-10-4-3-5-19-10/h3-5,7,9,17H,6,8H2,1-2H3. The van der Waals surface area contributed by atoms with Crippen LogP contribution < -0.4 is 0 Å². The Morgan fingerprint density at radius 3 is 3.00 bits per heavy atom. The van der Waals surface area contributed by atoms with Gasteiger partial charge in [0.15, 0.2) is 0 Å². The number of aromatic nitrogens is 3. The van der Waals surface area contributed by atoms with E-state index in [1.165, 1.54) is 4.68 Å². The lowest BCUT2D eigenvalue weighted by atomic mass is 10.3. The van der Waals surface area contributed by atoms with Crippen molar-refractivity contribution in [2.24, 2.45) is 0 Å². The van der Waals surface area contributed by atoms with E-state index in [4.69, 9.17) is 0 Å². The molecule has 0 aliphatic heterocycles. The summed E-state index contributed by atoms with van der Waals surface area (Å²) < 4.78 is 1.44. The maximum atomic E-state index is 12.0. The molecule has 2 heterocycles. The van der Waals surface area contributed by atoms with Crippen molar-refractivity contribution in [2.75, 3.05) is 7.05 Å². The molecule has 0 bridgehead atoms. The third-order valence-electron chi connectivity index (χ3n) is 2.68. The van der Waals surface area contributed by atoms with Crippen LogP contribution in [0.5, 0.6) is 0 Å². The van der Waals surface area contributed by atoms with Crippen LogP contribution in [0, 0.1) is 0 Å². The topological polar surface area (TPSA) is 71.2 Å². The summed E-state index contributed by atoms with van der Waals surface area (Å²) in [7, 11) is 1.76. The van der Waals surface area contributed by atoms with Gasteiger partial charge in [0.1, 0.15) is 12.2 Å². The number of likely N-dealkylation sites (N-methyl/N-ethyl adjacent to an activating group) is 1. The van der Waals surface area contributed by atoms with Gasteiger partial charge in [-0.3, -0.25) is 4.79 Å². The number of nitrogens with zero attached hydrogens (tertiary/aromatic N) is 4. The first-order valence-electron chi connectivity index (χ1n) is 5.90. The fourth-order valence-corrected chi connectivity index (χ4v) is 2.32. The van der Waals surface area contributed by atoms with Gasteiger partial charge in [0, 0.05) is 11.9 Å². The molecule has 0 saturated heterocycles. The molecule has 19 heavy (non-hydrogen) atoms. The van der Waals surface area contributed by atoms with Gasteiger partial charge >= 0.3 is 0 Å². The Kier molecular flexibility index (Phi) is 4.28. The van der Waals surface area contributed by atoms with E-state index in [0.717, 1.165) is 4.88 Å². The van der Waals surface area contributed by atoms with E-state index < -0.39 is 6.10 Å². The molecule has 0 saturated carbocycles. The molecule has 1 N–H and O–H groups in total. The van der Waals surface area contributed by atoms with Crippen molar-refractivity contribution in [3.63, 3.8) is 0 Å². The molecule has 1 amide bonds. The largest absolute Gasteiger partial charge is 0.387 e. The second-order valence-electron chi connectivity index (χ2n) is 4.35. The van der Waals surface area contributed by atoms with E-state index in [1.54, 1.807) is 36.4 Å². The highest BCUT2D eigenvalue weighted by molar-refractivity contribution is 7.09. The SMILES string of the molecule is CC(O)c1cn(CC(=O)N(C)Cc2cccs2)nn1. The molecule has 0 spiro atoms. The van der Waals surface area contributed by atoms with E-state index in [9.17, 15) is 9.90 Å². The van der Waals surface area contributed by atoms with Crippen molar-refractivity contribution in [3.8, 4) is 0 Å². The van der Waals surface area contributed by atoms with Crippen LogP contribution in [0.2, 0.25) is 0 Å². The molecule has 0 aromatic carbocycles. The van der Waals surface area contributed by atoms with Crippen LogP contribution in [0.4, 0.5) is 0 Å². The molecule has 1 unspecified atom stereocenters. The molecular formula is C12H16N4O2S. The van der Waals surface area contributed by atoms with Crippen LogP contribution in [0.25, 0.3) is 0 Å². The zero-order valence-electron chi connectivity index (χ0n) is 10.9. The predicted octanol–water partition coefficient (Wildman–Crippen LogP) is 1.05. The van der Waals surface area contributed by atoms with Crippen LogP contribution in [0.1, 0.15) is 23.6 Å². The van der Waals surface area contributed by atoms with Crippen molar-refractivity contribution in [1.29, 1.82) is 0 Å². The lowest BCUT2D eigenvalue weighted by Gasteiger charge is -2.15. The van der Waals surface area contributed by atoms with Crippen LogP contribution in [0.3, 0.4) is 0 Å². The summed E-state index contributed by atoms with van der Waals surface area (Å²) in [5.41, 5.74) is 0.466. The van der Waals surface area contributed by atoms with Crippen LogP contribution in [-0.2, 0) is 17.9 Å². The van der Waals surface area contributed by atoms with Crippen molar-refractivity contribution in [3.05, 3.63) is 34.3 Å². The first-order valence-corrected chi connectivity index (χ1v) is 6.78. The zero-order chi connectivity index (χ0) is 13.8. The van der Waals surface area contributed by atoms with Crippen molar-refractivity contribution in [2.45, 2.75) is 26.1 Å². The number of hydrogen-bond acceptors (Lipinski definition) is 5.